The molecule has 0 atom stereocenters. The van der Waals surface area contributed by atoms with Crippen molar-refractivity contribution in [2.24, 2.45) is 0 Å². The third-order valence-corrected chi connectivity index (χ3v) is 6.77. The second kappa shape index (κ2) is 7.78. The molecule has 1 aliphatic heterocycles. The first-order valence-electron chi connectivity index (χ1n) is 10.1. The Bertz CT molecular complexity index is 1210. The van der Waals surface area contributed by atoms with Crippen molar-refractivity contribution < 1.29 is 9.47 Å². The van der Waals surface area contributed by atoms with Gasteiger partial charge in [0.2, 0.25) is 0 Å². The molecule has 5 rings (SSSR count). The van der Waals surface area contributed by atoms with E-state index in [0.717, 1.165) is 48.2 Å². The van der Waals surface area contributed by atoms with Crippen LogP contribution in [0.15, 0.2) is 48.7 Å². The molecule has 2 aromatic carbocycles. The number of aryl methyl sites for hydroxylation is 1. The van der Waals surface area contributed by atoms with Crippen LogP contribution in [0.4, 0.5) is 0 Å². The number of nitrogens with zero attached hydrogens (tertiary/aromatic N) is 3. The first kappa shape index (κ1) is 19.2. The Morgan fingerprint density at radius 3 is 2.63 bits per heavy atom. The number of aromatic nitrogens is 2. The van der Waals surface area contributed by atoms with Gasteiger partial charge in [-0.05, 0) is 66.4 Å². The fourth-order valence-electron chi connectivity index (χ4n) is 4.16. The van der Waals surface area contributed by atoms with Gasteiger partial charge in [-0.1, -0.05) is 17.4 Å². The molecular weight excluding hydrogens is 394 g/mol. The van der Waals surface area contributed by atoms with Crippen molar-refractivity contribution in [2.45, 2.75) is 26.4 Å². The van der Waals surface area contributed by atoms with E-state index in [1.807, 2.05) is 0 Å². The molecule has 0 saturated heterocycles. The van der Waals surface area contributed by atoms with Crippen molar-refractivity contribution in [1.82, 2.24) is 14.5 Å². The normalized spacial score (nSPS) is 14.1. The highest BCUT2D eigenvalue weighted by molar-refractivity contribution is 7.20. The maximum Gasteiger partial charge on any atom is 0.194 e. The molecule has 1 aliphatic rings. The van der Waals surface area contributed by atoms with Crippen molar-refractivity contribution in [3.05, 3.63) is 71.0 Å². The van der Waals surface area contributed by atoms with Gasteiger partial charge in [-0.25, -0.2) is 4.98 Å². The van der Waals surface area contributed by atoms with Gasteiger partial charge in [-0.3, -0.25) is 9.47 Å². The summed E-state index contributed by atoms with van der Waals surface area (Å²) in [6, 6.07) is 15.0. The van der Waals surface area contributed by atoms with Crippen molar-refractivity contribution in [1.29, 1.82) is 0 Å². The number of benzene rings is 2. The van der Waals surface area contributed by atoms with Crippen LogP contribution in [0.1, 0.15) is 22.4 Å². The van der Waals surface area contributed by atoms with Gasteiger partial charge >= 0.3 is 0 Å². The van der Waals surface area contributed by atoms with E-state index >= 15 is 0 Å². The standard InChI is InChI=1S/C24H25N3O2S/c1-16-6-7-20-23(11-16)30-24(25-20)27-9-4-5-19(27)15-26-10-8-17-12-21(28-2)22(29-3)13-18(17)14-26/h4-7,9,11-13H,8,10,14-15H2,1-3H3. The Morgan fingerprint density at radius 2 is 1.83 bits per heavy atom. The van der Waals surface area contributed by atoms with Crippen LogP contribution in [0.5, 0.6) is 11.5 Å². The van der Waals surface area contributed by atoms with Gasteiger partial charge in [-0.2, -0.15) is 0 Å². The minimum absolute atomic E-state index is 0.797. The van der Waals surface area contributed by atoms with E-state index in [0.29, 0.717) is 0 Å². The highest BCUT2D eigenvalue weighted by Gasteiger charge is 2.21. The predicted molar refractivity (Wildman–Crippen MR) is 121 cm³/mol. The molecule has 0 N–H and O–H groups in total. The zero-order valence-corrected chi connectivity index (χ0v) is 18.3. The minimum atomic E-state index is 0.797. The molecule has 5 nitrogen and oxygen atoms in total. The average molecular weight is 420 g/mol. The van der Waals surface area contributed by atoms with Crippen molar-refractivity contribution >= 4 is 21.6 Å². The lowest BCUT2D eigenvalue weighted by Crippen LogP contribution is -2.30. The van der Waals surface area contributed by atoms with E-state index < -0.39 is 0 Å². The summed E-state index contributed by atoms with van der Waals surface area (Å²) < 4.78 is 14.4. The Labute approximate surface area is 180 Å². The highest BCUT2D eigenvalue weighted by atomic mass is 32.1. The van der Waals surface area contributed by atoms with Gasteiger partial charge in [0.05, 0.1) is 24.4 Å². The van der Waals surface area contributed by atoms with Crippen molar-refractivity contribution in [3.63, 3.8) is 0 Å². The summed E-state index contributed by atoms with van der Waals surface area (Å²) in [6.45, 7) is 4.93. The lowest BCUT2D eigenvalue weighted by Gasteiger charge is -2.29. The topological polar surface area (TPSA) is 39.5 Å². The molecule has 3 heterocycles. The summed E-state index contributed by atoms with van der Waals surface area (Å²) in [5.41, 5.74) is 6.25. The van der Waals surface area contributed by atoms with E-state index in [9.17, 15) is 0 Å². The highest BCUT2D eigenvalue weighted by Crippen LogP contribution is 2.34. The molecule has 0 amide bonds. The molecule has 2 aromatic heterocycles. The Kier molecular flexibility index (Phi) is 4.97. The average Bonchev–Trinajstić information content (AvgIpc) is 3.38. The third kappa shape index (κ3) is 3.46. The largest absolute Gasteiger partial charge is 0.493 e. The van der Waals surface area contributed by atoms with Crippen molar-refractivity contribution in [2.75, 3.05) is 20.8 Å². The lowest BCUT2D eigenvalue weighted by molar-refractivity contribution is 0.240. The van der Waals surface area contributed by atoms with Crippen LogP contribution in [0.3, 0.4) is 0 Å². The molecule has 0 unspecified atom stereocenters. The van der Waals surface area contributed by atoms with Crippen LogP contribution in [0.25, 0.3) is 15.3 Å². The van der Waals surface area contributed by atoms with Gasteiger partial charge < -0.3 is 9.47 Å². The fraction of sp³-hybridized carbons (Fsp3) is 0.292. The Hall–Kier alpha value is -2.83. The number of hydrogen-bond acceptors (Lipinski definition) is 5. The van der Waals surface area contributed by atoms with Crippen LogP contribution >= 0.6 is 11.3 Å². The van der Waals surface area contributed by atoms with E-state index in [1.165, 1.54) is 27.1 Å². The van der Waals surface area contributed by atoms with Crippen molar-refractivity contribution in [3.8, 4) is 16.6 Å². The molecule has 0 saturated carbocycles. The van der Waals surface area contributed by atoms with Crippen LogP contribution in [0.2, 0.25) is 0 Å². The van der Waals surface area contributed by atoms with Gasteiger partial charge in [-0.15, -0.1) is 0 Å². The summed E-state index contributed by atoms with van der Waals surface area (Å²) in [4.78, 5) is 7.34. The van der Waals surface area contributed by atoms with Gasteiger partial charge in [0.25, 0.3) is 0 Å². The molecule has 0 aliphatic carbocycles. The number of fused-ring (bicyclic) bond motifs is 2. The monoisotopic (exact) mass is 419 g/mol. The van der Waals surface area contributed by atoms with Gasteiger partial charge in [0, 0.05) is 31.5 Å². The molecule has 0 bridgehead atoms. The number of rotatable bonds is 5. The maximum atomic E-state index is 5.50. The molecule has 154 valence electrons. The van der Waals surface area contributed by atoms with E-state index in [1.54, 1.807) is 25.6 Å². The number of ether oxygens (including phenoxy) is 2. The zero-order chi connectivity index (χ0) is 20.7. The molecule has 30 heavy (non-hydrogen) atoms. The third-order valence-electron chi connectivity index (χ3n) is 5.75. The fourth-order valence-corrected chi connectivity index (χ4v) is 5.24. The van der Waals surface area contributed by atoms with E-state index in [2.05, 4.69) is 65.1 Å². The zero-order valence-electron chi connectivity index (χ0n) is 17.5. The SMILES string of the molecule is COc1cc2c(cc1OC)CN(Cc1cccn1-c1nc3ccc(C)cc3s1)CC2. The van der Waals surface area contributed by atoms with Gasteiger partial charge in [0.15, 0.2) is 16.6 Å². The predicted octanol–water partition coefficient (Wildman–Crippen LogP) is 4.97. The summed E-state index contributed by atoms with van der Waals surface area (Å²) in [7, 11) is 3.38. The molecule has 0 fully saturated rings. The molecular formula is C24H25N3O2S. The lowest BCUT2D eigenvalue weighted by atomic mass is 9.98. The first-order valence-corrected chi connectivity index (χ1v) is 11.0. The number of thiazole rings is 1. The maximum absolute atomic E-state index is 5.50. The summed E-state index contributed by atoms with van der Waals surface area (Å²) in [5, 5.41) is 1.03. The molecule has 6 heteroatoms. The van der Waals surface area contributed by atoms with E-state index in [4.69, 9.17) is 14.5 Å². The quantitative estimate of drug-likeness (QED) is 0.458. The molecule has 4 aromatic rings. The van der Waals surface area contributed by atoms with Crippen LogP contribution in [-0.2, 0) is 19.5 Å². The Morgan fingerprint density at radius 1 is 1.03 bits per heavy atom. The number of methoxy groups -OCH3 is 2. The summed E-state index contributed by atoms with van der Waals surface area (Å²) in [5.74, 6) is 1.61. The van der Waals surface area contributed by atoms with E-state index in [-0.39, 0.29) is 0 Å². The number of hydrogen-bond donors (Lipinski definition) is 0. The minimum Gasteiger partial charge on any atom is -0.493 e. The first-order chi connectivity index (χ1) is 14.6. The molecule has 0 spiro atoms. The second-order valence-corrected chi connectivity index (χ2v) is 8.78. The summed E-state index contributed by atoms with van der Waals surface area (Å²) in [6.07, 6.45) is 3.13. The van der Waals surface area contributed by atoms with Crippen LogP contribution < -0.4 is 9.47 Å². The van der Waals surface area contributed by atoms with Gasteiger partial charge in [0.1, 0.15) is 0 Å². The second-order valence-electron chi connectivity index (χ2n) is 7.77. The molecule has 0 radical (unpaired) electrons. The summed E-state index contributed by atoms with van der Waals surface area (Å²) >= 11 is 1.75. The van der Waals surface area contributed by atoms with Crippen LogP contribution in [-0.4, -0.2) is 35.2 Å². The van der Waals surface area contributed by atoms with Crippen LogP contribution in [0, 0.1) is 6.92 Å². The smallest absolute Gasteiger partial charge is 0.194 e. The Balaban J connectivity index is 1.39.